The highest BCUT2D eigenvalue weighted by atomic mass is 35.5. The summed E-state index contributed by atoms with van der Waals surface area (Å²) in [6, 6.07) is 6.68. The van der Waals surface area contributed by atoms with Gasteiger partial charge in [0.2, 0.25) is 15.9 Å². The zero-order valence-corrected chi connectivity index (χ0v) is 26.0. The quantitative estimate of drug-likeness (QED) is 0.245. The van der Waals surface area contributed by atoms with E-state index in [4.69, 9.17) is 27.9 Å². The fraction of sp³-hybridized carbons (Fsp3) is 0.536. The van der Waals surface area contributed by atoms with Gasteiger partial charge < -0.3 is 20.3 Å². The van der Waals surface area contributed by atoms with Gasteiger partial charge in [0.15, 0.2) is 0 Å². The molecule has 1 amide bonds. The van der Waals surface area contributed by atoms with Gasteiger partial charge in [-0.25, -0.2) is 8.42 Å². The number of allylic oxidation sites excluding steroid dienone is 3. The van der Waals surface area contributed by atoms with E-state index in [9.17, 15) is 13.2 Å². The molecule has 1 heterocycles. The maximum absolute atomic E-state index is 13.8. The maximum Gasteiger partial charge on any atom is 0.242 e. The standard InChI is InChI=1S/C28H42Cl2N4O4S/c1-19(2)31-17-26(16-23-9-12-24(29)13-10-23)34-22(6)33(18-27(28(34)35)32-20(3)4)39(36,37)15-14-25(30)11-8-21(5)38-7/h8-14,19-20,22,26-27,31-32H,5,15-18H2,1-4,6-7H3/b11-8-,25-14+. The molecule has 0 saturated carbocycles. The number of hydrogen-bond donors (Lipinski definition) is 2. The highest BCUT2D eigenvalue weighted by Gasteiger charge is 2.45. The molecule has 1 aromatic carbocycles. The van der Waals surface area contributed by atoms with Gasteiger partial charge in [0.1, 0.15) is 11.8 Å². The van der Waals surface area contributed by atoms with E-state index in [1.807, 2.05) is 52.0 Å². The molecule has 11 heteroatoms. The molecular weight excluding hydrogens is 559 g/mol. The summed E-state index contributed by atoms with van der Waals surface area (Å²) >= 11 is 12.3. The number of nitrogens with zero attached hydrogens (tertiary/aromatic N) is 2. The van der Waals surface area contributed by atoms with Crippen molar-refractivity contribution in [1.29, 1.82) is 0 Å². The number of halogens is 2. The Hall–Kier alpha value is -1.88. The van der Waals surface area contributed by atoms with Crippen LogP contribution in [0.1, 0.15) is 40.2 Å². The van der Waals surface area contributed by atoms with E-state index in [2.05, 4.69) is 17.2 Å². The van der Waals surface area contributed by atoms with Crippen LogP contribution >= 0.6 is 23.2 Å². The van der Waals surface area contributed by atoms with Gasteiger partial charge in [0.25, 0.3) is 0 Å². The lowest BCUT2D eigenvalue weighted by molar-refractivity contribution is -0.146. The van der Waals surface area contributed by atoms with E-state index < -0.39 is 22.2 Å². The van der Waals surface area contributed by atoms with Crippen LogP contribution < -0.4 is 10.6 Å². The molecule has 0 aliphatic carbocycles. The molecule has 1 aliphatic heterocycles. The molecule has 0 radical (unpaired) electrons. The number of carbonyl (C=O) groups excluding carboxylic acids is 1. The summed E-state index contributed by atoms with van der Waals surface area (Å²) in [6.45, 7) is 13.9. The van der Waals surface area contributed by atoms with Gasteiger partial charge in [0.05, 0.1) is 19.0 Å². The number of ether oxygens (including phenoxy) is 1. The lowest BCUT2D eigenvalue weighted by atomic mass is 10.0. The Kier molecular flexibility index (Phi) is 13.0. The van der Waals surface area contributed by atoms with Crippen molar-refractivity contribution in [2.45, 2.75) is 71.4 Å². The Bertz CT molecular complexity index is 1140. The van der Waals surface area contributed by atoms with Gasteiger partial charge in [-0.2, -0.15) is 4.31 Å². The molecular formula is C28H42Cl2N4O4S. The predicted octanol–water partition coefficient (Wildman–Crippen LogP) is 4.27. The average molecular weight is 602 g/mol. The van der Waals surface area contributed by atoms with Crippen LogP contribution in [-0.2, 0) is 26.0 Å². The zero-order chi connectivity index (χ0) is 29.3. The second-order valence-electron chi connectivity index (χ2n) is 10.2. The zero-order valence-electron chi connectivity index (χ0n) is 23.7. The van der Waals surface area contributed by atoms with Crippen molar-refractivity contribution in [2.24, 2.45) is 0 Å². The average Bonchev–Trinajstić information content (AvgIpc) is 2.86. The fourth-order valence-electron chi connectivity index (χ4n) is 4.39. The lowest BCUT2D eigenvalue weighted by Crippen LogP contribution is -2.69. The minimum Gasteiger partial charge on any atom is -0.497 e. The highest BCUT2D eigenvalue weighted by molar-refractivity contribution is 7.89. The monoisotopic (exact) mass is 600 g/mol. The van der Waals surface area contributed by atoms with Gasteiger partial charge in [-0.3, -0.25) is 4.79 Å². The van der Waals surface area contributed by atoms with Crippen molar-refractivity contribution in [1.82, 2.24) is 19.8 Å². The van der Waals surface area contributed by atoms with E-state index in [0.29, 0.717) is 23.7 Å². The molecule has 3 unspecified atom stereocenters. The highest BCUT2D eigenvalue weighted by Crippen LogP contribution is 2.25. The topological polar surface area (TPSA) is 91.0 Å². The molecule has 3 atom stereocenters. The first kappa shape index (κ1) is 33.3. The van der Waals surface area contributed by atoms with Crippen LogP contribution in [0.5, 0.6) is 0 Å². The van der Waals surface area contributed by atoms with Crippen molar-refractivity contribution in [3.8, 4) is 0 Å². The molecule has 1 fully saturated rings. The summed E-state index contributed by atoms with van der Waals surface area (Å²) < 4.78 is 33.6. The van der Waals surface area contributed by atoms with Crippen LogP contribution in [0.3, 0.4) is 0 Å². The van der Waals surface area contributed by atoms with Crippen LogP contribution in [0.25, 0.3) is 0 Å². The minimum atomic E-state index is -3.83. The van der Waals surface area contributed by atoms with Gasteiger partial charge in [-0.1, -0.05) is 69.6 Å². The van der Waals surface area contributed by atoms with Crippen molar-refractivity contribution < 1.29 is 17.9 Å². The van der Waals surface area contributed by atoms with E-state index >= 15 is 0 Å². The summed E-state index contributed by atoms with van der Waals surface area (Å²) in [5, 5.41) is 7.57. The number of sulfonamides is 1. The molecule has 39 heavy (non-hydrogen) atoms. The number of amides is 1. The number of benzene rings is 1. The Balaban J connectivity index is 2.43. The Morgan fingerprint density at radius 1 is 1.18 bits per heavy atom. The Labute approximate surface area is 244 Å². The van der Waals surface area contributed by atoms with Crippen LogP contribution in [0.15, 0.2) is 59.9 Å². The van der Waals surface area contributed by atoms with E-state index in [0.717, 1.165) is 5.56 Å². The molecule has 0 bridgehead atoms. The molecule has 0 spiro atoms. The largest absolute Gasteiger partial charge is 0.497 e. The first-order chi connectivity index (χ1) is 18.2. The summed E-state index contributed by atoms with van der Waals surface area (Å²) in [7, 11) is -2.34. The first-order valence-electron chi connectivity index (χ1n) is 13.1. The van der Waals surface area contributed by atoms with Crippen LogP contribution in [0.2, 0.25) is 5.02 Å². The molecule has 1 aromatic rings. The number of nitrogens with one attached hydrogen (secondary N) is 2. The third kappa shape index (κ3) is 10.2. The molecule has 0 aromatic heterocycles. The molecule has 218 valence electrons. The van der Waals surface area contributed by atoms with Gasteiger partial charge in [-0.15, -0.1) is 0 Å². The van der Waals surface area contributed by atoms with Crippen LogP contribution in [-0.4, -0.2) is 79.8 Å². The summed E-state index contributed by atoms with van der Waals surface area (Å²) in [5.74, 6) is -0.0445. The van der Waals surface area contributed by atoms with Crippen molar-refractivity contribution in [3.63, 3.8) is 0 Å². The van der Waals surface area contributed by atoms with Crippen molar-refractivity contribution in [3.05, 3.63) is 70.5 Å². The Morgan fingerprint density at radius 2 is 1.82 bits per heavy atom. The number of methoxy groups -OCH3 is 1. The normalized spacial score (nSPS) is 20.3. The van der Waals surface area contributed by atoms with Gasteiger partial charge in [-0.05, 0) is 49.3 Å². The van der Waals surface area contributed by atoms with E-state index in [1.54, 1.807) is 17.9 Å². The smallest absolute Gasteiger partial charge is 0.242 e. The second kappa shape index (κ2) is 15.2. The molecule has 2 N–H and O–H groups in total. The minimum absolute atomic E-state index is 0.0179. The number of hydrogen-bond acceptors (Lipinski definition) is 6. The molecule has 1 aliphatic rings. The number of carbonyl (C=O) groups is 1. The molecule has 2 rings (SSSR count). The second-order valence-corrected chi connectivity index (χ2v) is 13.1. The van der Waals surface area contributed by atoms with Gasteiger partial charge >= 0.3 is 0 Å². The first-order valence-corrected chi connectivity index (χ1v) is 15.4. The molecule has 1 saturated heterocycles. The van der Waals surface area contributed by atoms with Crippen molar-refractivity contribution in [2.75, 3.05) is 26.0 Å². The number of rotatable bonds is 14. The van der Waals surface area contributed by atoms with E-state index in [1.165, 1.54) is 23.6 Å². The van der Waals surface area contributed by atoms with E-state index in [-0.39, 0.29) is 41.4 Å². The molecule has 8 nitrogen and oxygen atoms in total. The van der Waals surface area contributed by atoms with Crippen LogP contribution in [0.4, 0.5) is 0 Å². The predicted molar refractivity (Wildman–Crippen MR) is 160 cm³/mol. The van der Waals surface area contributed by atoms with Gasteiger partial charge in [0, 0.05) is 41.3 Å². The summed E-state index contributed by atoms with van der Waals surface area (Å²) in [4.78, 5) is 15.6. The fourth-order valence-corrected chi connectivity index (χ4v) is 6.28. The SMILES string of the molecule is C=C(/C=C\C(Cl)=C/CS(=O)(=O)N1CC(NC(C)C)C(=O)N(C(CNC(C)C)Cc2ccc(Cl)cc2)C1C)OC. The summed E-state index contributed by atoms with van der Waals surface area (Å²) in [6.07, 6.45) is 4.35. The third-order valence-corrected chi connectivity index (χ3v) is 8.63. The van der Waals surface area contributed by atoms with Crippen molar-refractivity contribution >= 4 is 39.1 Å². The Morgan fingerprint density at radius 3 is 2.38 bits per heavy atom. The lowest BCUT2D eigenvalue weighted by Gasteiger charge is -2.48. The van der Waals surface area contributed by atoms with Crippen LogP contribution in [0, 0.1) is 0 Å². The third-order valence-electron chi connectivity index (χ3n) is 6.35. The maximum atomic E-state index is 13.8. The summed E-state index contributed by atoms with van der Waals surface area (Å²) in [5.41, 5.74) is 1.00.